The maximum atomic E-state index is 13.9. The van der Waals surface area contributed by atoms with Crippen molar-refractivity contribution in [2.24, 2.45) is 5.73 Å². The minimum absolute atomic E-state index is 0.366. The normalized spacial score (nSPS) is 12.6. The summed E-state index contributed by atoms with van der Waals surface area (Å²) in [5.74, 6) is -0.366. The Balaban J connectivity index is 2.17. The number of rotatable bonds is 2. The Morgan fingerprint density at radius 1 is 1.05 bits per heavy atom. The number of benzene rings is 2. The van der Waals surface area contributed by atoms with Crippen molar-refractivity contribution in [2.45, 2.75) is 6.04 Å². The van der Waals surface area contributed by atoms with Crippen molar-refractivity contribution in [3.63, 3.8) is 0 Å². The van der Waals surface area contributed by atoms with Gasteiger partial charge in [0.2, 0.25) is 0 Å². The van der Waals surface area contributed by atoms with E-state index in [1.165, 1.54) is 12.1 Å². The van der Waals surface area contributed by atoms with Crippen LogP contribution in [0.3, 0.4) is 0 Å². The SMILES string of the molecule is NC(c1cc(Cl)ccc1F)c1cncc2ccccc12. The van der Waals surface area contributed by atoms with Gasteiger partial charge in [0.25, 0.3) is 0 Å². The van der Waals surface area contributed by atoms with Gasteiger partial charge in [0, 0.05) is 28.4 Å². The maximum absolute atomic E-state index is 13.9. The highest BCUT2D eigenvalue weighted by molar-refractivity contribution is 6.30. The Morgan fingerprint density at radius 3 is 2.70 bits per heavy atom. The zero-order valence-corrected chi connectivity index (χ0v) is 11.3. The number of halogens is 2. The fourth-order valence-corrected chi connectivity index (χ4v) is 2.49. The van der Waals surface area contributed by atoms with E-state index < -0.39 is 6.04 Å². The second kappa shape index (κ2) is 5.19. The molecule has 0 bridgehead atoms. The molecule has 3 rings (SSSR count). The van der Waals surface area contributed by atoms with Crippen LogP contribution in [0.2, 0.25) is 5.02 Å². The van der Waals surface area contributed by atoms with Crippen molar-refractivity contribution in [1.82, 2.24) is 4.98 Å². The molecule has 0 aliphatic rings. The highest BCUT2D eigenvalue weighted by Crippen LogP contribution is 2.29. The molecule has 3 aromatic rings. The van der Waals surface area contributed by atoms with Crippen LogP contribution in [0.15, 0.2) is 54.9 Å². The lowest BCUT2D eigenvalue weighted by Gasteiger charge is -2.15. The van der Waals surface area contributed by atoms with Gasteiger partial charge in [-0.15, -0.1) is 0 Å². The molecule has 0 radical (unpaired) electrons. The largest absolute Gasteiger partial charge is 0.320 e. The molecule has 0 fully saturated rings. The molecule has 1 heterocycles. The molecule has 0 spiro atoms. The molecular weight excluding hydrogens is 275 g/mol. The average molecular weight is 287 g/mol. The van der Waals surface area contributed by atoms with Crippen LogP contribution in [0.4, 0.5) is 4.39 Å². The van der Waals surface area contributed by atoms with Gasteiger partial charge in [-0.05, 0) is 29.1 Å². The van der Waals surface area contributed by atoms with Gasteiger partial charge in [-0.3, -0.25) is 4.98 Å². The molecule has 0 aliphatic heterocycles. The molecule has 1 aromatic heterocycles. The molecular formula is C16H12ClFN2. The molecule has 2 nitrogen and oxygen atoms in total. The minimum Gasteiger partial charge on any atom is -0.320 e. The lowest BCUT2D eigenvalue weighted by atomic mass is 9.96. The predicted octanol–water partition coefficient (Wildman–Crippen LogP) is 4.08. The summed E-state index contributed by atoms with van der Waals surface area (Å²) in [6.45, 7) is 0. The lowest BCUT2D eigenvalue weighted by Crippen LogP contribution is -2.14. The van der Waals surface area contributed by atoms with Gasteiger partial charge >= 0.3 is 0 Å². The van der Waals surface area contributed by atoms with Crippen molar-refractivity contribution in [1.29, 1.82) is 0 Å². The standard InChI is InChI=1S/C16H12ClFN2/c17-11-5-6-15(18)13(7-11)16(19)14-9-20-8-10-3-1-2-4-12(10)14/h1-9,16H,19H2. The third-order valence-electron chi connectivity index (χ3n) is 3.33. The molecule has 4 heteroatoms. The van der Waals surface area contributed by atoms with Crippen molar-refractivity contribution in [2.75, 3.05) is 0 Å². The van der Waals surface area contributed by atoms with Crippen LogP contribution in [-0.2, 0) is 0 Å². The van der Waals surface area contributed by atoms with E-state index in [0.29, 0.717) is 10.6 Å². The predicted molar refractivity (Wildman–Crippen MR) is 79.2 cm³/mol. The van der Waals surface area contributed by atoms with E-state index >= 15 is 0 Å². The van der Waals surface area contributed by atoms with Gasteiger partial charge in [0.05, 0.1) is 6.04 Å². The summed E-state index contributed by atoms with van der Waals surface area (Å²) in [6.07, 6.45) is 3.44. The van der Waals surface area contributed by atoms with Gasteiger partial charge in [-0.1, -0.05) is 35.9 Å². The summed E-state index contributed by atoms with van der Waals surface area (Å²) in [5.41, 5.74) is 7.37. The third-order valence-corrected chi connectivity index (χ3v) is 3.56. The monoisotopic (exact) mass is 286 g/mol. The van der Waals surface area contributed by atoms with Crippen molar-refractivity contribution in [3.05, 3.63) is 76.8 Å². The van der Waals surface area contributed by atoms with Gasteiger partial charge in [-0.2, -0.15) is 0 Å². The molecule has 1 atom stereocenters. The summed E-state index contributed by atoms with van der Waals surface area (Å²) >= 11 is 5.93. The van der Waals surface area contributed by atoms with Crippen LogP contribution in [0.5, 0.6) is 0 Å². The van der Waals surface area contributed by atoms with E-state index in [-0.39, 0.29) is 5.82 Å². The molecule has 0 aliphatic carbocycles. The van der Waals surface area contributed by atoms with Gasteiger partial charge in [-0.25, -0.2) is 4.39 Å². The van der Waals surface area contributed by atoms with Crippen LogP contribution in [0, 0.1) is 5.82 Å². The summed E-state index contributed by atoms with van der Waals surface area (Å²) < 4.78 is 13.9. The van der Waals surface area contributed by atoms with Crippen LogP contribution < -0.4 is 5.73 Å². The van der Waals surface area contributed by atoms with Gasteiger partial charge < -0.3 is 5.73 Å². The van der Waals surface area contributed by atoms with E-state index in [1.807, 2.05) is 24.3 Å². The Bertz CT molecular complexity index is 768. The van der Waals surface area contributed by atoms with Gasteiger partial charge in [0.15, 0.2) is 0 Å². The van der Waals surface area contributed by atoms with E-state index in [0.717, 1.165) is 16.3 Å². The summed E-state index contributed by atoms with van der Waals surface area (Å²) in [4.78, 5) is 4.18. The molecule has 2 N–H and O–H groups in total. The van der Waals surface area contributed by atoms with Crippen LogP contribution in [0.1, 0.15) is 17.2 Å². The molecule has 100 valence electrons. The number of nitrogens with two attached hydrogens (primary N) is 1. The van der Waals surface area contributed by atoms with Crippen LogP contribution in [0.25, 0.3) is 10.8 Å². The quantitative estimate of drug-likeness (QED) is 0.771. The topological polar surface area (TPSA) is 38.9 Å². The average Bonchev–Trinajstić information content (AvgIpc) is 2.48. The molecule has 0 amide bonds. The Hall–Kier alpha value is -1.97. The highest BCUT2D eigenvalue weighted by Gasteiger charge is 2.16. The number of hydrogen-bond acceptors (Lipinski definition) is 2. The first-order valence-corrected chi connectivity index (χ1v) is 6.58. The third kappa shape index (κ3) is 2.26. The van der Waals surface area contributed by atoms with E-state index in [1.54, 1.807) is 18.5 Å². The lowest BCUT2D eigenvalue weighted by molar-refractivity contribution is 0.600. The zero-order valence-electron chi connectivity index (χ0n) is 10.6. The Labute approximate surface area is 121 Å². The Morgan fingerprint density at radius 2 is 1.85 bits per heavy atom. The second-order valence-electron chi connectivity index (χ2n) is 4.59. The first-order chi connectivity index (χ1) is 9.66. The number of nitrogens with zero attached hydrogens (tertiary/aromatic N) is 1. The summed E-state index contributed by atoms with van der Waals surface area (Å²) in [7, 11) is 0. The smallest absolute Gasteiger partial charge is 0.128 e. The fraction of sp³-hybridized carbons (Fsp3) is 0.0625. The summed E-state index contributed by atoms with van der Waals surface area (Å²) in [5, 5.41) is 2.40. The fourth-order valence-electron chi connectivity index (χ4n) is 2.31. The van der Waals surface area contributed by atoms with Crippen molar-refractivity contribution < 1.29 is 4.39 Å². The molecule has 0 saturated heterocycles. The van der Waals surface area contributed by atoms with E-state index in [4.69, 9.17) is 17.3 Å². The number of hydrogen-bond donors (Lipinski definition) is 1. The first-order valence-electron chi connectivity index (χ1n) is 6.20. The number of fused-ring (bicyclic) bond motifs is 1. The highest BCUT2D eigenvalue weighted by atomic mass is 35.5. The van der Waals surface area contributed by atoms with Crippen molar-refractivity contribution >= 4 is 22.4 Å². The Kier molecular flexibility index (Phi) is 3.38. The van der Waals surface area contributed by atoms with Gasteiger partial charge in [0.1, 0.15) is 5.82 Å². The van der Waals surface area contributed by atoms with Crippen LogP contribution in [-0.4, -0.2) is 4.98 Å². The molecule has 20 heavy (non-hydrogen) atoms. The molecule has 2 aromatic carbocycles. The number of pyridine rings is 1. The van der Waals surface area contributed by atoms with Crippen molar-refractivity contribution in [3.8, 4) is 0 Å². The maximum Gasteiger partial charge on any atom is 0.128 e. The zero-order chi connectivity index (χ0) is 14.1. The van der Waals surface area contributed by atoms with E-state index in [9.17, 15) is 4.39 Å². The number of aromatic nitrogens is 1. The first kappa shape index (κ1) is 13.0. The molecule has 0 saturated carbocycles. The van der Waals surface area contributed by atoms with E-state index in [2.05, 4.69) is 4.98 Å². The summed E-state index contributed by atoms with van der Waals surface area (Å²) in [6, 6.07) is 11.5. The molecule has 1 unspecified atom stereocenters. The second-order valence-corrected chi connectivity index (χ2v) is 5.03. The van der Waals surface area contributed by atoms with Crippen LogP contribution >= 0.6 is 11.6 Å². The minimum atomic E-state index is -0.604.